The van der Waals surface area contributed by atoms with Crippen LogP contribution in [0.4, 0.5) is 5.69 Å². The lowest BCUT2D eigenvalue weighted by molar-refractivity contribution is -0.153. The van der Waals surface area contributed by atoms with Gasteiger partial charge in [-0.3, -0.25) is 9.59 Å². The third kappa shape index (κ3) is 4.96. The van der Waals surface area contributed by atoms with Crippen molar-refractivity contribution in [2.75, 3.05) is 31.8 Å². The van der Waals surface area contributed by atoms with Gasteiger partial charge in [-0.1, -0.05) is 6.07 Å². The summed E-state index contributed by atoms with van der Waals surface area (Å²) in [5.74, 6) is 0.268. The molecule has 132 valence electrons. The number of nitrogens with zero attached hydrogens (tertiary/aromatic N) is 1. The lowest BCUT2D eigenvalue weighted by atomic mass is 10.1. The Morgan fingerprint density at radius 1 is 1.33 bits per heavy atom. The molecule has 1 aromatic carbocycles. The van der Waals surface area contributed by atoms with E-state index in [9.17, 15) is 9.59 Å². The van der Waals surface area contributed by atoms with E-state index >= 15 is 0 Å². The molecule has 6 nitrogen and oxygen atoms in total. The summed E-state index contributed by atoms with van der Waals surface area (Å²) in [6.45, 7) is 6.67. The van der Waals surface area contributed by atoms with Crippen molar-refractivity contribution in [3.8, 4) is 5.75 Å². The molecular formula is C18H25NO5. The molecule has 0 spiro atoms. The van der Waals surface area contributed by atoms with Crippen LogP contribution in [0, 0.1) is 0 Å². The van der Waals surface area contributed by atoms with Gasteiger partial charge in [-0.2, -0.15) is 0 Å². The maximum Gasteiger partial charge on any atom is 0.310 e. The van der Waals surface area contributed by atoms with Crippen LogP contribution in [0.25, 0.3) is 0 Å². The molecule has 0 saturated heterocycles. The van der Waals surface area contributed by atoms with E-state index in [-0.39, 0.29) is 24.9 Å². The highest BCUT2D eigenvalue weighted by atomic mass is 16.6. The molecule has 0 N–H and O–H groups in total. The molecular weight excluding hydrogens is 310 g/mol. The van der Waals surface area contributed by atoms with Crippen molar-refractivity contribution in [3.05, 3.63) is 23.8 Å². The zero-order chi connectivity index (χ0) is 17.7. The predicted octanol–water partition coefficient (Wildman–Crippen LogP) is 2.33. The summed E-state index contributed by atoms with van der Waals surface area (Å²) >= 11 is 0. The van der Waals surface area contributed by atoms with E-state index in [1.807, 2.05) is 32.9 Å². The number of esters is 1. The molecule has 6 heteroatoms. The van der Waals surface area contributed by atoms with Gasteiger partial charge in [0.25, 0.3) is 5.91 Å². The molecule has 0 aromatic heterocycles. The monoisotopic (exact) mass is 335 g/mol. The quantitative estimate of drug-likeness (QED) is 0.590. The van der Waals surface area contributed by atoms with Gasteiger partial charge in [0.2, 0.25) is 0 Å². The number of carbonyl (C=O) groups excluding carboxylic acids is 2. The first kappa shape index (κ1) is 18.3. The van der Waals surface area contributed by atoms with Crippen LogP contribution in [0.3, 0.4) is 0 Å². The topological polar surface area (TPSA) is 65.1 Å². The van der Waals surface area contributed by atoms with E-state index in [0.717, 1.165) is 12.0 Å². The minimum absolute atomic E-state index is 0.0331. The highest BCUT2D eigenvalue weighted by Gasteiger charge is 2.26. The molecule has 0 bridgehead atoms. The highest BCUT2D eigenvalue weighted by Crippen LogP contribution is 2.33. The van der Waals surface area contributed by atoms with Crippen molar-refractivity contribution in [1.82, 2.24) is 0 Å². The fraction of sp³-hybridized carbons (Fsp3) is 0.556. The molecule has 1 aliphatic rings. The summed E-state index contributed by atoms with van der Waals surface area (Å²) in [4.78, 5) is 25.8. The van der Waals surface area contributed by atoms with Crippen LogP contribution in [-0.2, 0) is 25.5 Å². The normalized spacial score (nSPS) is 14.2. The van der Waals surface area contributed by atoms with Gasteiger partial charge in [0, 0.05) is 20.3 Å². The second-order valence-electron chi connectivity index (χ2n) is 6.75. The highest BCUT2D eigenvalue weighted by molar-refractivity contribution is 5.98. The summed E-state index contributed by atoms with van der Waals surface area (Å²) in [5, 5.41) is 0. The fourth-order valence-electron chi connectivity index (χ4n) is 2.51. The second-order valence-corrected chi connectivity index (χ2v) is 6.75. The van der Waals surface area contributed by atoms with E-state index in [0.29, 0.717) is 24.6 Å². The van der Waals surface area contributed by atoms with Crippen molar-refractivity contribution in [2.24, 2.45) is 0 Å². The number of benzene rings is 1. The number of carbonyl (C=O) groups is 2. The number of amides is 1. The van der Waals surface area contributed by atoms with Crippen molar-refractivity contribution in [3.63, 3.8) is 0 Å². The predicted molar refractivity (Wildman–Crippen MR) is 90.3 cm³/mol. The first-order chi connectivity index (χ1) is 11.3. The Kier molecular flexibility index (Phi) is 5.83. The van der Waals surface area contributed by atoms with Gasteiger partial charge in [-0.25, -0.2) is 0 Å². The Morgan fingerprint density at radius 3 is 2.75 bits per heavy atom. The average molecular weight is 335 g/mol. The Bertz CT molecular complexity index is 606. The Hall–Kier alpha value is -2.08. The Labute approximate surface area is 142 Å². The van der Waals surface area contributed by atoms with Crippen LogP contribution in [0.1, 0.15) is 32.8 Å². The molecule has 0 saturated carbocycles. The summed E-state index contributed by atoms with van der Waals surface area (Å²) in [6, 6.07) is 5.44. The van der Waals surface area contributed by atoms with Gasteiger partial charge >= 0.3 is 5.97 Å². The Morgan fingerprint density at radius 2 is 2.08 bits per heavy atom. The van der Waals surface area contributed by atoms with Crippen LogP contribution in [0.15, 0.2) is 18.2 Å². The van der Waals surface area contributed by atoms with E-state index in [4.69, 9.17) is 14.2 Å². The maximum absolute atomic E-state index is 12.1. The molecule has 0 aliphatic carbocycles. The lowest BCUT2D eigenvalue weighted by Crippen LogP contribution is -2.39. The summed E-state index contributed by atoms with van der Waals surface area (Å²) in [5.41, 5.74) is 0.970. The van der Waals surface area contributed by atoms with Crippen LogP contribution in [-0.4, -0.2) is 44.3 Å². The molecule has 0 unspecified atom stereocenters. The van der Waals surface area contributed by atoms with Gasteiger partial charge < -0.3 is 19.1 Å². The SMILES string of the molecule is COCCCN1C(=O)COc2ccc(CC(=O)OC(C)(C)C)cc21. The molecule has 1 aliphatic heterocycles. The number of anilines is 1. The van der Waals surface area contributed by atoms with Gasteiger partial charge in [0.1, 0.15) is 11.4 Å². The number of fused-ring (bicyclic) bond motifs is 1. The largest absolute Gasteiger partial charge is 0.482 e. The summed E-state index contributed by atoms with van der Waals surface area (Å²) in [7, 11) is 1.63. The van der Waals surface area contributed by atoms with E-state index < -0.39 is 5.60 Å². The average Bonchev–Trinajstić information content (AvgIpc) is 2.47. The maximum atomic E-state index is 12.1. The summed E-state index contributed by atoms with van der Waals surface area (Å²) in [6.07, 6.45) is 0.891. The molecule has 1 aromatic rings. The van der Waals surface area contributed by atoms with Crippen LogP contribution < -0.4 is 9.64 Å². The molecule has 0 radical (unpaired) electrons. The molecule has 2 rings (SSSR count). The zero-order valence-corrected chi connectivity index (χ0v) is 14.8. The minimum atomic E-state index is -0.517. The first-order valence-electron chi connectivity index (χ1n) is 8.07. The van der Waals surface area contributed by atoms with E-state index in [1.54, 1.807) is 18.1 Å². The number of ether oxygens (including phenoxy) is 3. The number of hydrogen-bond acceptors (Lipinski definition) is 5. The van der Waals surface area contributed by atoms with Crippen LogP contribution in [0.5, 0.6) is 5.75 Å². The van der Waals surface area contributed by atoms with Gasteiger partial charge in [-0.05, 0) is 44.9 Å². The van der Waals surface area contributed by atoms with E-state index in [2.05, 4.69) is 0 Å². The van der Waals surface area contributed by atoms with Crippen molar-refractivity contribution in [2.45, 2.75) is 39.2 Å². The molecule has 0 atom stereocenters. The van der Waals surface area contributed by atoms with Crippen LogP contribution >= 0.6 is 0 Å². The smallest absolute Gasteiger partial charge is 0.310 e. The van der Waals surface area contributed by atoms with Crippen molar-refractivity contribution in [1.29, 1.82) is 0 Å². The standard InChI is InChI=1S/C18H25NO5/c1-18(2,3)24-17(21)11-13-6-7-15-14(10-13)19(8-5-9-22-4)16(20)12-23-15/h6-7,10H,5,8-9,11-12H2,1-4H3. The molecule has 24 heavy (non-hydrogen) atoms. The lowest BCUT2D eigenvalue weighted by Gasteiger charge is -2.30. The van der Waals surface area contributed by atoms with Gasteiger partial charge in [0.15, 0.2) is 6.61 Å². The first-order valence-corrected chi connectivity index (χ1v) is 8.07. The molecule has 0 fully saturated rings. The number of methoxy groups -OCH3 is 1. The third-order valence-electron chi connectivity index (χ3n) is 3.47. The van der Waals surface area contributed by atoms with Crippen molar-refractivity contribution < 1.29 is 23.8 Å². The summed E-state index contributed by atoms with van der Waals surface area (Å²) < 4.78 is 15.9. The van der Waals surface area contributed by atoms with Gasteiger partial charge in [0.05, 0.1) is 12.1 Å². The van der Waals surface area contributed by atoms with Gasteiger partial charge in [-0.15, -0.1) is 0 Å². The number of rotatable bonds is 6. The zero-order valence-electron chi connectivity index (χ0n) is 14.8. The van der Waals surface area contributed by atoms with Crippen LogP contribution in [0.2, 0.25) is 0 Å². The molecule has 1 amide bonds. The van der Waals surface area contributed by atoms with Crippen molar-refractivity contribution >= 4 is 17.6 Å². The van der Waals surface area contributed by atoms with E-state index in [1.165, 1.54) is 0 Å². The third-order valence-corrected chi connectivity index (χ3v) is 3.47. The fourth-order valence-corrected chi connectivity index (χ4v) is 2.51. The molecule has 1 heterocycles. The minimum Gasteiger partial charge on any atom is -0.482 e. The Balaban J connectivity index is 2.14. The second kappa shape index (κ2) is 7.66. The number of hydrogen-bond donors (Lipinski definition) is 0.